The summed E-state index contributed by atoms with van der Waals surface area (Å²) in [6.45, 7) is 3.70. The smallest absolute Gasteiger partial charge is 0.236 e. The molecule has 2 atom stereocenters. The van der Waals surface area contributed by atoms with Crippen LogP contribution in [0.4, 0.5) is 0 Å². The van der Waals surface area contributed by atoms with Gasteiger partial charge in [-0.1, -0.05) is 0 Å². The highest BCUT2D eigenvalue weighted by Gasteiger charge is 2.39. The number of nitrogens with zero attached hydrogens (tertiary/aromatic N) is 1. The van der Waals surface area contributed by atoms with Gasteiger partial charge in [-0.15, -0.1) is 11.8 Å². The molecular weight excluding hydrogens is 236 g/mol. The summed E-state index contributed by atoms with van der Waals surface area (Å²) in [5.74, 6) is 1.10. The third-order valence-corrected chi connectivity index (χ3v) is 4.24. The van der Waals surface area contributed by atoms with Gasteiger partial charge in [-0.25, -0.2) is 0 Å². The van der Waals surface area contributed by atoms with Crippen molar-refractivity contribution >= 4 is 17.7 Å². The predicted molar refractivity (Wildman–Crippen MR) is 67.9 cm³/mol. The first-order chi connectivity index (χ1) is 8.09. The molecule has 2 rings (SSSR count). The largest absolute Gasteiger partial charge is 0.466 e. The fourth-order valence-corrected chi connectivity index (χ4v) is 3.16. The number of rotatable bonds is 4. The number of likely N-dealkylation sites (N-methyl/N-ethyl adjacent to an activating group) is 1. The fourth-order valence-electron chi connectivity index (χ4n) is 1.90. The first kappa shape index (κ1) is 12.5. The van der Waals surface area contributed by atoms with Gasteiger partial charge in [0.05, 0.1) is 38.7 Å². The van der Waals surface area contributed by atoms with E-state index in [9.17, 15) is 4.79 Å². The Hall–Kier alpha value is -0.940. The molecule has 0 saturated carbocycles. The molecule has 0 aromatic carbocycles. The number of furan rings is 1. The highest BCUT2D eigenvalue weighted by Crippen LogP contribution is 2.42. The van der Waals surface area contributed by atoms with E-state index in [1.807, 2.05) is 24.0 Å². The predicted octanol–water partition coefficient (Wildman–Crippen LogP) is 0.387. The van der Waals surface area contributed by atoms with Gasteiger partial charge in [-0.3, -0.25) is 4.79 Å². The van der Waals surface area contributed by atoms with E-state index in [4.69, 9.17) is 4.42 Å². The normalized spacial score (nSPS) is 24.9. The van der Waals surface area contributed by atoms with Crippen LogP contribution < -0.4 is 4.90 Å². The number of carbonyl (C=O) groups is 1. The molecule has 0 unspecified atom stereocenters. The number of nitrogens with one attached hydrogen (secondary N) is 1. The molecule has 1 aliphatic heterocycles. The summed E-state index contributed by atoms with van der Waals surface area (Å²) in [7, 11) is 4.19. The lowest BCUT2D eigenvalue weighted by Crippen LogP contribution is -3.06. The average Bonchev–Trinajstić information content (AvgIpc) is 2.87. The van der Waals surface area contributed by atoms with Gasteiger partial charge < -0.3 is 14.2 Å². The van der Waals surface area contributed by atoms with Crippen LogP contribution in [0.2, 0.25) is 0 Å². The van der Waals surface area contributed by atoms with Crippen LogP contribution in [-0.4, -0.2) is 43.2 Å². The SMILES string of the molecule is C[C@H]1S[C@@H](c2ccco2)N(CC[NH+](C)C)C1=O. The van der Waals surface area contributed by atoms with Gasteiger partial charge in [0.2, 0.25) is 5.91 Å². The lowest BCUT2D eigenvalue weighted by Gasteiger charge is -2.22. The van der Waals surface area contributed by atoms with Crippen molar-refractivity contribution in [2.45, 2.75) is 17.5 Å². The third-order valence-electron chi connectivity index (χ3n) is 2.89. The highest BCUT2D eigenvalue weighted by atomic mass is 32.2. The maximum absolute atomic E-state index is 12.1. The van der Waals surface area contributed by atoms with Crippen LogP contribution in [0.3, 0.4) is 0 Å². The van der Waals surface area contributed by atoms with E-state index in [1.54, 1.807) is 18.0 Å². The Balaban J connectivity index is 2.11. The molecule has 1 saturated heterocycles. The van der Waals surface area contributed by atoms with Crippen molar-refractivity contribution in [1.82, 2.24) is 4.90 Å². The Labute approximate surface area is 106 Å². The molecule has 0 radical (unpaired) electrons. The Kier molecular flexibility index (Phi) is 3.79. The van der Waals surface area contributed by atoms with Gasteiger partial charge in [0.15, 0.2) is 0 Å². The summed E-state index contributed by atoms with van der Waals surface area (Å²) in [5.41, 5.74) is 0. The zero-order chi connectivity index (χ0) is 12.4. The number of hydrogen-bond acceptors (Lipinski definition) is 3. The van der Waals surface area contributed by atoms with E-state index < -0.39 is 0 Å². The Morgan fingerprint density at radius 1 is 1.53 bits per heavy atom. The maximum atomic E-state index is 12.1. The second-order valence-corrected chi connectivity index (χ2v) is 6.06. The van der Waals surface area contributed by atoms with Crippen LogP contribution in [0, 0.1) is 0 Å². The van der Waals surface area contributed by atoms with Crippen LogP contribution in [0.25, 0.3) is 0 Å². The molecule has 0 spiro atoms. The Morgan fingerprint density at radius 3 is 2.88 bits per heavy atom. The molecule has 5 heteroatoms. The van der Waals surface area contributed by atoms with Crippen LogP contribution in [-0.2, 0) is 4.79 Å². The van der Waals surface area contributed by atoms with E-state index in [-0.39, 0.29) is 16.5 Å². The molecule has 2 heterocycles. The highest BCUT2D eigenvalue weighted by molar-refractivity contribution is 8.01. The first-order valence-electron chi connectivity index (χ1n) is 5.88. The topological polar surface area (TPSA) is 37.9 Å². The van der Waals surface area contributed by atoms with Crippen LogP contribution in [0.5, 0.6) is 0 Å². The van der Waals surface area contributed by atoms with Gasteiger partial charge in [-0.05, 0) is 19.1 Å². The van der Waals surface area contributed by atoms with E-state index in [0.717, 1.165) is 18.8 Å². The van der Waals surface area contributed by atoms with Crippen molar-refractivity contribution in [3.63, 3.8) is 0 Å². The van der Waals surface area contributed by atoms with Gasteiger partial charge in [0, 0.05) is 0 Å². The van der Waals surface area contributed by atoms with Crippen molar-refractivity contribution in [2.24, 2.45) is 0 Å². The number of amides is 1. The van der Waals surface area contributed by atoms with Gasteiger partial charge in [0.25, 0.3) is 0 Å². The van der Waals surface area contributed by atoms with Crippen molar-refractivity contribution in [2.75, 3.05) is 27.2 Å². The minimum Gasteiger partial charge on any atom is -0.466 e. The van der Waals surface area contributed by atoms with Gasteiger partial charge in [-0.2, -0.15) is 0 Å². The van der Waals surface area contributed by atoms with Crippen LogP contribution in [0.1, 0.15) is 18.1 Å². The molecule has 94 valence electrons. The molecule has 1 fully saturated rings. The standard InChI is InChI=1S/C12H18N2O2S/c1-9-11(15)14(7-6-13(2)3)12(17-9)10-5-4-8-16-10/h4-5,8-9,12H,6-7H2,1-3H3/p+1/t9-,12+/m1/s1. The molecule has 1 aromatic rings. The summed E-state index contributed by atoms with van der Waals surface area (Å²) in [5, 5.41) is 0.0779. The van der Waals surface area contributed by atoms with Gasteiger partial charge in [0.1, 0.15) is 11.1 Å². The average molecular weight is 255 g/mol. The summed E-state index contributed by atoms with van der Waals surface area (Å²) in [4.78, 5) is 15.4. The van der Waals surface area contributed by atoms with Gasteiger partial charge >= 0.3 is 0 Å². The minimum atomic E-state index is 0.0299. The molecule has 1 aliphatic rings. The quantitative estimate of drug-likeness (QED) is 0.845. The molecule has 4 nitrogen and oxygen atoms in total. The third kappa shape index (κ3) is 2.66. The van der Waals surface area contributed by atoms with E-state index >= 15 is 0 Å². The van der Waals surface area contributed by atoms with Crippen LogP contribution in [0.15, 0.2) is 22.8 Å². The number of hydrogen-bond donors (Lipinski definition) is 1. The van der Waals surface area contributed by atoms with Crippen molar-refractivity contribution in [1.29, 1.82) is 0 Å². The molecular formula is C12H19N2O2S+. The molecule has 17 heavy (non-hydrogen) atoms. The molecule has 0 bridgehead atoms. The summed E-state index contributed by atoms with van der Waals surface area (Å²) in [6, 6.07) is 3.82. The van der Waals surface area contributed by atoms with Crippen molar-refractivity contribution < 1.29 is 14.1 Å². The monoisotopic (exact) mass is 255 g/mol. The summed E-state index contributed by atoms with van der Waals surface area (Å²) in [6.07, 6.45) is 1.67. The maximum Gasteiger partial charge on any atom is 0.236 e. The number of quaternary nitrogens is 1. The second kappa shape index (κ2) is 5.14. The van der Waals surface area contributed by atoms with Crippen molar-refractivity contribution in [3.05, 3.63) is 24.2 Å². The molecule has 1 N–H and O–H groups in total. The minimum absolute atomic E-state index is 0.0299. The first-order valence-corrected chi connectivity index (χ1v) is 6.82. The lowest BCUT2D eigenvalue weighted by atomic mass is 10.3. The molecule has 1 aromatic heterocycles. The Bertz CT molecular complexity index is 378. The lowest BCUT2D eigenvalue weighted by molar-refractivity contribution is -0.857. The zero-order valence-electron chi connectivity index (χ0n) is 10.5. The summed E-state index contributed by atoms with van der Waals surface area (Å²) < 4.78 is 5.43. The second-order valence-electron chi connectivity index (χ2n) is 4.63. The molecule has 0 aliphatic carbocycles. The fraction of sp³-hybridized carbons (Fsp3) is 0.583. The van der Waals surface area contributed by atoms with E-state index in [0.29, 0.717) is 0 Å². The van der Waals surface area contributed by atoms with E-state index in [1.165, 1.54) is 4.90 Å². The van der Waals surface area contributed by atoms with Crippen LogP contribution >= 0.6 is 11.8 Å². The summed E-state index contributed by atoms with van der Waals surface area (Å²) >= 11 is 1.66. The van der Waals surface area contributed by atoms with E-state index in [2.05, 4.69) is 14.1 Å². The molecule has 1 amide bonds. The number of thioether (sulfide) groups is 1. The van der Waals surface area contributed by atoms with Crippen molar-refractivity contribution in [3.8, 4) is 0 Å². The number of carbonyl (C=O) groups excluding carboxylic acids is 1. The zero-order valence-corrected chi connectivity index (χ0v) is 11.3. The Morgan fingerprint density at radius 2 is 2.29 bits per heavy atom.